The summed E-state index contributed by atoms with van der Waals surface area (Å²) in [5, 5.41) is 6.08. The molecule has 1 aromatic carbocycles. The van der Waals surface area contributed by atoms with Crippen LogP contribution in [0.5, 0.6) is 0 Å². The van der Waals surface area contributed by atoms with Crippen LogP contribution in [0.4, 0.5) is 5.82 Å². The quantitative estimate of drug-likeness (QED) is 0.880. The summed E-state index contributed by atoms with van der Waals surface area (Å²) in [7, 11) is 0. The highest BCUT2D eigenvalue weighted by Crippen LogP contribution is 2.21. The smallest absolute Gasteiger partial charge is 0.242 e. The molecule has 2 aromatic rings. The molecule has 5 nitrogen and oxygen atoms in total. The van der Waals surface area contributed by atoms with E-state index in [0.717, 1.165) is 19.4 Å². The van der Waals surface area contributed by atoms with Gasteiger partial charge in [0.25, 0.3) is 0 Å². The third kappa shape index (κ3) is 2.52. The number of amides is 1. The van der Waals surface area contributed by atoms with Crippen molar-refractivity contribution >= 4 is 34.4 Å². The summed E-state index contributed by atoms with van der Waals surface area (Å²) in [6, 6.07) is 7.24. The number of rotatable bonds is 2. The van der Waals surface area contributed by atoms with E-state index in [2.05, 4.69) is 20.6 Å². The van der Waals surface area contributed by atoms with Gasteiger partial charge in [-0.05, 0) is 31.5 Å². The van der Waals surface area contributed by atoms with E-state index in [-0.39, 0.29) is 17.1 Å². The molecule has 2 heterocycles. The van der Waals surface area contributed by atoms with Crippen LogP contribution in [-0.2, 0) is 4.79 Å². The Bertz CT molecular complexity index is 625. The van der Waals surface area contributed by atoms with Gasteiger partial charge in [-0.2, -0.15) is 0 Å². The number of anilines is 1. The van der Waals surface area contributed by atoms with Gasteiger partial charge in [-0.15, -0.1) is 0 Å². The SMILES string of the molecule is O=C(Nc1nc2ccccc2nc1Cl)[C@H]1CCCN1. The minimum absolute atomic E-state index is 0.107. The average Bonchev–Trinajstić information content (AvgIpc) is 2.93. The Morgan fingerprint density at radius 3 is 2.74 bits per heavy atom. The van der Waals surface area contributed by atoms with Crippen molar-refractivity contribution in [2.75, 3.05) is 11.9 Å². The molecular formula is C13H13ClN4O. The number of carbonyl (C=O) groups is 1. The first-order valence-electron chi connectivity index (χ1n) is 6.20. The zero-order valence-electron chi connectivity index (χ0n) is 10.2. The molecule has 1 aliphatic heterocycles. The molecule has 0 radical (unpaired) electrons. The number of hydrogen-bond donors (Lipinski definition) is 2. The van der Waals surface area contributed by atoms with Gasteiger partial charge in [0.05, 0.1) is 17.1 Å². The number of benzene rings is 1. The van der Waals surface area contributed by atoms with E-state index >= 15 is 0 Å². The lowest BCUT2D eigenvalue weighted by atomic mass is 10.2. The van der Waals surface area contributed by atoms with Crippen molar-refractivity contribution in [1.82, 2.24) is 15.3 Å². The zero-order chi connectivity index (χ0) is 13.2. The summed E-state index contributed by atoms with van der Waals surface area (Å²) in [5.74, 6) is 0.211. The van der Waals surface area contributed by atoms with Crippen LogP contribution < -0.4 is 10.6 Å². The van der Waals surface area contributed by atoms with Gasteiger partial charge in [0.2, 0.25) is 5.91 Å². The van der Waals surface area contributed by atoms with E-state index in [1.807, 2.05) is 24.3 Å². The number of carbonyl (C=O) groups excluding carboxylic acids is 1. The van der Waals surface area contributed by atoms with E-state index < -0.39 is 0 Å². The Morgan fingerprint density at radius 2 is 2.05 bits per heavy atom. The van der Waals surface area contributed by atoms with Gasteiger partial charge < -0.3 is 10.6 Å². The molecule has 1 aromatic heterocycles. The third-order valence-corrected chi connectivity index (χ3v) is 3.41. The molecule has 0 bridgehead atoms. The summed E-state index contributed by atoms with van der Waals surface area (Å²) in [4.78, 5) is 20.6. The van der Waals surface area contributed by atoms with E-state index in [1.54, 1.807) is 0 Å². The molecule has 0 saturated carbocycles. The lowest BCUT2D eigenvalue weighted by Gasteiger charge is -2.11. The molecule has 6 heteroatoms. The molecule has 1 atom stereocenters. The van der Waals surface area contributed by atoms with Gasteiger partial charge in [-0.1, -0.05) is 23.7 Å². The van der Waals surface area contributed by atoms with Gasteiger partial charge in [0.1, 0.15) is 0 Å². The predicted molar refractivity (Wildman–Crippen MR) is 74.2 cm³/mol. The molecule has 0 aliphatic carbocycles. The molecule has 3 rings (SSSR count). The van der Waals surface area contributed by atoms with Gasteiger partial charge >= 0.3 is 0 Å². The number of para-hydroxylation sites is 2. The van der Waals surface area contributed by atoms with Crippen molar-refractivity contribution in [3.8, 4) is 0 Å². The normalized spacial score (nSPS) is 18.7. The first-order chi connectivity index (χ1) is 9.24. The molecule has 2 N–H and O–H groups in total. The number of nitrogens with one attached hydrogen (secondary N) is 2. The molecule has 1 amide bonds. The second-order valence-corrected chi connectivity index (χ2v) is 4.85. The minimum Gasteiger partial charge on any atom is -0.307 e. The fourth-order valence-electron chi connectivity index (χ4n) is 2.17. The monoisotopic (exact) mass is 276 g/mol. The topological polar surface area (TPSA) is 66.9 Å². The van der Waals surface area contributed by atoms with Gasteiger partial charge in [0, 0.05) is 0 Å². The standard InChI is InChI=1S/C13H13ClN4O/c14-11-12(18-13(19)10-6-3-7-15-10)17-9-5-2-1-4-8(9)16-11/h1-2,4-5,10,15H,3,6-7H2,(H,17,18,19)/t10-/m1/s1. The zero-order valence-corrected chi connectivity index (χ0v) is 10.9. The molecule has 1 aliphatic rings. The molecule has 19 heavy (non-hydrogen) atoms. The van der Waals surface area contributed by atoms with Crippen molar-refractivity contribution in [1.29, 1.82) is 0 Å². The fourth-order valence-corrected chi connectivity index (χ4v) is 2.35. The van der Waals surface area contributed by atoms with E-state index in [0.29, 0.717) is 16.9 Å². The second kappa shape index (κ2) is 5.11. The Morgan fingerprint density at radius 1 is 1.32 bits per heavy atom. The summed E-state index contributed by atoms with van der Waals surface area (Å²) in [6.07, 6.45) is 1.85. The van der Waals surface area contributed by atoms with Crippen molar-refractivity contribution in [3.05, 3.63) is 29.4 Å². The summed E-state index contributed by atoms with van der Waals surface area (Å²) in [5.41, 5.74) is 1.42. The van der Waals surface area contributed by atoms with Crippen molar-refractivity contribution in [2.24, 2.45) is 0 Å². The minimum atomic E-state index is -0.163. The highest BCUT2D eigenvalue weighted by Gasteiger charge is 2.23. The van der Waals surface area contributed by atoms with Gasteiger partial charge in [-0.25, -0.2) is 9.97 Å². The molecular weight excluding hydrogens is 264 g/mol. The summed E-state index contributed by atoms with van der Waals surface area (Å²) >= 11 is 6.05. The van der Waals surface area contributed by atoms with Gasteiger partial charge in [0.15, 0.2) is 11.0 Å². The maximum absolute atomic E-state index is 12.0. The first kappa shape index (κ1) is 12.3. The molecule has 1 fully saturated rings. The maximum Gasteiger partial charge on any atom is 0.242 e. The Kier molecular flexibility index (Phi) is 3.31. The van der Waals surface area contributed by atoms with Crippen molar-refractivity contribution in [2.45, 2.75) is 18.9 Å². The average molecular weight is 277 g/mol. The number of aromatic nitrogens is 2. The number of fused-ring (bicyclic) bond motifs is 1. The van der Waals surface area contributed by atoms with Crippen molar-refractivity contribution in [3.63, 3.8) is 0 Å². The Balaban J connectivity index is 1.87. The Labute approximate surface area is 115 Å². The number of nitrogens with zero attached hydrogens (tertiary/aromatic N) is 2. The molecule has 1 saturated heterocycles. The molecule has 0 spiro atoms. The molecule has 0 unspecified atom stereocenters. The van der Waals surface area contributed by atoms with Crippen LogP contribution in [0.3, 0.4) is 0 Å². The van der Waals surface area contributed by atoms with Crippen LogP contribution >= 0.6 is 11.6 Å². The summed E-state index contributed by atoms with van der Waals surface area (Å²) < 4.78 is 0. The number of hydrogen-bond acceptors (Lipinski definition) is 4. The lowest BCUT2D eigenvalue weighted by molar-refractivity contribution is -0.117. The van der Waals surface area contributed by atoms with Crippen LogP contribution in [0.2, 0.25) is 5.15 Å². The lowest BCUT2D eigenvalue weighted by Crippen LogP contribution is -2.35. The van der Waals surface area contributed by atoms with Gasteiger partial charge in [-0.3, -0.25) is 4.79 Å². The highest BCUT2D eigenvalue weighted by molar-refractivity contribution is 6.32. The highest BCUT2D eigenvalue weighted by atomic mass is 35.5. The maximum atomic E-state index is 12.0. The van der Waals surface area contributed by atoms with E-state index in [4.69, 9.17) is 11.6 Å². The fraction of sp³-hybridized carbons (Fsp3) is 0.308. The number of halogens is 1. The first-order valence-corrected chi connectivity index (χ1v) is 6.58. The van der Waals surface area contributed by atoms with Crippen LogP contribution in [0.25, 0.3) is 11.0 Å². The second-order valence-electron chi connectivity index (χ2n) is 4.49. The van der Waals surface area contributed by atoms with E-state index in [1.165, 1.54) is 0 Å². The Hall–Kier alpha value is -1.72. The molecule has 98 valence electrons. The van der Waals surface area contributed by atoms with Crippen molar-refractivity contribution < 1.29 is 4.79 Å². The van der Waals surface area contributed by atoms with Crippen LogP contribution in [-0.4, -0.2) is 28.5 Å². The van der Waals surface area contributed by atoms with E-state index in [9.17, 15) is 4.79 Å². The largest absolute Gasteiger partial charge is 0.307 e. The van der Waals surface area contributed by atoms with Crippen LogP contribution in [0.1, 0.15) is 12.8 Å². The predicted octanol–water partition coefficient (Wildman–Crippen LogP) is 1.97. The third-order valence-electron chi connectivity index (χ3n) is 3.15. The summed E-state index contributed by atoms with van der Waals surface area (Å²) in [6.45, 7) is 0.870. The van der Waals surface area contributed by atoms with Crippen LogP contribution in [0.15, 0.2) is 24.3 Å². The van der Waals surface area contributed by atoms with Crippen LogP contribution in [0, 0.1) is 0 Å².